The van der Waals surface area contributed by atoms with Crippen LogP contribution in [0, 0.1) is 11.7 Å². The van der Waals surface area contributed by atoms with Gasteiger partial charge in [0.15, 0.2) is 11.0 Å². The van der Waals surface area contributed by atoms with Gasteiger partial charge in [-0.15, -0.1) is 10.2 Å². The maximum Gasteiger partial charge on any atom is 0.240 e. The summed E-state index contributed by atoms with van der Waals surface area (Å²) in [6, 6.07) is 16.3. The van der Waals surface area contributed by atoms with Crippen molar-refractivity contribution in [2.45, 2.75) is 44.6 Å². The van der Waals surface area contributed by atoms with Gasteiger partial charge in [0.05, 0.1) is 5.56 Å². The first-order valence-electron chi connectivity index (χ1n) is 10.6. The molecule has 0 unspecified atom stereocenters. The summed E-state index contributed by atoms with van der Waals surface area (Å²) in [5.41, 5.74) is 1.32. The Morgan fingerprint density at radius 2 is 1.68 bits per heavy atom. The summed E-state index contributed by atoms with van der Waals surface area (Å²) in [5.74, 6) is 0.481. The number of nitrogens with zero attached hydrogens (tertiary/aromatic N) is 4. The lowest BCUT2D eigenvalue weighted by atomic mass is 10.1. The molecule has 1 aromatic heterocycles. The Balaban J connectivity index is 2.05. The molecule has 1 heterocycles. The van der Waals surface area contributed by atoms with E-state index < -0.39 is 5.25 Å². The lowest BCUT2D eigenvalue weighted by Crippen LogP contribution is -2.34. The Hall–Kier alpha value is -2.67. The molecular weight excluding hydrogens is 411 g/mol. The number of aromatic nitrogens is 3. The van der Waals surface area contributed by atoms with E-state index in [4.69, 9.17) is 0 Å². The van der Waals surface area contributed by atoms with E-state index in [0.717, 1.165) is 5.56 Å². The molecule has 7 heteroatoms. The van der Waals surface area contributed by atoms with Gasteiger partial charge in [-0.2, -0.15) is 0 Å². The molecule has 0 saturated heterocycles. The number of thioether (sulfide) groups is 1. The largest absolute Gasteiger partial charge is 0.342 e. The van der Waals surface area contributed by atoms with Crippen LogP contribution in [0.1, 0.15) is 38.5 Å². The zero-order valence-corrected chi connectivity index (χ0v) is 19.3. The van der Waals surface area contributed by atoms with Crippen LogP contribution in [0.25, 0.3) is 11.4 Å². The van der Waals surface area contributed by atoms with Gasteiger partial charge in [-0.3, -0.25) is 4.79 Å². The summed E-state index contributed by atoms with van der Waals surface area (Å²) in [6.45, 7) is 10.0. The maximum absolute atomic E-state index is 14.5. The van der Waals surface area contributed by atoms with Crippen LogP contribution >= 0.6 is 11.8 Å². The topological polar surface area (TPSA) is 51.0 Å². The zero-order chi connectivity index (χ0) is 22.4. The molecule has 0 spiro atoms. The molecule has 0 aliphatic heterocycles. The molecule has 0 bridgehead atoms. The van der Waals surface area contributed by atoms with Gasteiger partial charge in [-0.05, 0) is 37.5 Å². The van der Waals surface area contributed by atoms with Crippen LogP contribution in [0.4, 0.5) is 4.39 Å². The normalized spacial score (nSPS) is 12.2. The zero-order valence-electron chi connectivity index (χ0n) is 18.5. The van der Waals surface area contributed by atoms with Crippen molar-refractivity contribution in [1.29, 1.82) is 0 Å². The number of carbonyl (C=O) groups is 1. The van der Waals surface area contributed by atoms with E-state index in [9.17, 15) is 9.18 Å². The summed E-state index contributed by atoms with van der Waals surface area (Å²) >= 11 is 1.37. The third kappa shape index (κ3) is 5.34. The number of hydrogen-bond acceptors (Lipinski definition) is 4. The molecule has 31 heavy (non-hydrogen) atoms. The highest BCUT2D eigenvalue weighted by Crippen LogP contribution is 2.38. The molecule has 0 fully saturated rings. The standard InChI is InChI=1S/C24H29FN4OS/c1-5-28(6-2)23(30)21(18-12-8-7-9-13-18)31-24-27-26-22(29(24)16-17(3)4)19-14-10-11-15-20(19)25/h7-15,17,21H,5-6,16H2,1-4H3/t21-/m0/s1. The van der Waals surface area contributed by atoms with Crippen molar-refractivity contribution in [1.82, 2.24) is 19.7 Å². The Morgan fingerprint density at radius 1 is 1.03 bits per heavy atom. The van der Waals surface area contributed by atoms with Crippen LogP contribution in [0.5, 0.6) is 0 Å². The number of amides is 1. The van der Waals surface area contributed by atoms with Gasteiger partial charge in [0.25, 0.3) is 0 Å². The minimum absolute atomic E-state index is 0.0349. The van der Waals surface area contributed by atoms with Crippen molar-refractivity contribution < 1.29 is 9.18 Å². The molecule has 1 amide bonds. The third-order valence-electron chi connectivity index (χ3n) is 5.00. The Labute approximate surface area is 187 Å². The van der Waals surface area contributed by atoms with E-state index in [-0.39, 0.29) is 11.7 Å². The summed E-state index contributed by atoms with van der Waals surface area (Å²) in [6.07, 6.45) is 0. The van der Waals surface area contributed by atoms with E-state index in [1.165, 1.54) is 17.8 Å². The lowest BCUT2D eigenvalue weighted by Gasteiger charge is -2.25. The monoisotopic (exact) mass is 440 g/mol. The second-order valence-corrected chi connectivity index (χ2v) is 8.78. The molecule has 2 aromatic carbocycles. The first kappa shape index (κ1) is 23.0. The highest BCUT2D eigenvalue weighted by atomic mass is 32.2. The third-order valence-corrected chi connectivity index (χ3v) is 6.23. The van der Waals surface area contributed by atoms with E-state index in [0.29, 0.717) is 42.1 Å². The quantitative estimate of drug-likeness (QED) is 0.416. The van der Waals surface area contributed by atoms with Crippen LogP contribution in [-0.2, 0) is 11.3 Å². The predicted molar refractivity (Wildman–Crippen MR) is 123 cm³/mol. The number of rotatable bonds is 9. The minimum Gasteiger partial charge on any atom is -0.342 e. The second kappa shape index (κ2) is 10.6. The summed E-state index contributed by atoms with van der Waals surface area (Å²) < 4.78 is 16.4. The van der Waals surface area contributed by atoms with E-state index in [1.807, 2.05) is 53.6 Å². The van der Waals surface area contributed by atoms with Gasteiger partial charge in [-0.1, -0.05) is 68.1 Å². The van der Waals surface area contributed by atoms with Crippen molar-refractivity contribution in [2.24, 2.45) is 5.92 Å². The van der Waals surface area contributed by atoms with Gasteiger partial charge in [0.1, 0.15) is 11.1 Å². The molecule has 1 atom stereocenters. The lowest BCUT2D eigenvalue weighted by molar-refractivity contribution is -0.130. The molecule has 0 saturated carbocycles. The molecule has 5 nitrogen and oxygen atoms in total. The van der Waals surface area contributed by atoms with Gasteiger partial charge in [0, 0.05) is 19.6 Å². The number of hydrogen-bond donors (Lipinski definition) is 0. The van der Waals surface area contributed by atoms with Crippen molar-refractivity contribution in [3.8, 4) is 11.4 Å². The number of benzene rings is 2. The molecule has 0 aliphatic carbocycles. The average Bonchev–Trinajstić information content (AvgIpc) is 3.15. The smallest absolute Gasteiger partial charge is 0.240 e. The van der Waals surface area contributed by atoms with Crippen molar-refractivity contribution in [2.75, 3.05) is 13.1 Å². The molecule has 0 aliphatic rings. The molecule has 164 valence electrons. The van der Waals surface area contributed by atoms with E-state index in [2.05, 4.69) is 24.0 Å². The van der Waals surface area contributed by atoms with Gasteiger partial charge >= 0.3 is 0 Å². The highest BCUT2D eigenvalue weighted by molar-refractivity contribution is 8.00. The van der Waals surface area contributed by atoms with Gasteiger partial charge < -0.3 is 9.47 Å². The number of carbonyl (C=O) groups excluding carboxylic acids is 1. The Morgan fingerprint density at radius 3 is 2.29 bits per heavy atom. The van der Waals surface area contributed by atoms with Gasteiger partial charge in [0.2, 0.25) is 5.91 Å². The second-order valence-electron chi connectivity index (χ2n) is 7.71. The molecular formula is C24H29FN4OS. The summed E-state index contributed by atoms with van der Waals surface area (Å²) in [7, 11) is 0. The minimum atomic E-state index is -0.454. The number of likely N-dealkylation sites (N-methyl/N-ethyl adjacent to an activating group) is 1. The molecule has 0 radical (unpaired) electrons. The molecule has 0 N–H and O–H groups in total. The maximum atomic E-state index is 14.5. The van der Waals surface area contributed by atoms with Crippen molar-refractivity contribution >= 4 is 17.7 Å². The molecule has 3 rings (SSSR count). The van der Waals surface area contributed by atoms with Crippen molar-refractivity contribution in [3.63, 3.8) is 0 Å². The SMILES string of the molecule is CCN(CC)C(=O)[C@@H](Sc1nnc(-c2ccccc2F)n1CC(C)C)c1ccccc1. The number of halogens is 1. The fraction of sp³-hybridized carbons (Fsp3) is 0.375. The van der Waals surface area contributed by atoms with E-state index >= 15 is 0 Å². The van der Waals surface area contributed by atoms with Crippen molar-refractivity contribution in [3.05, 3.63) is 66.0 Å². The predicted octanol–water partition coefficient (Wildman–Crippen LogP) is 5.44. The average molecular weight is 441 g/mol. The van der Waals surface area contributed by atoms with Crippen LogP contribution in [0.2, 0.25) is 0 Å². The van der Waals surface area contributed by atoms with Crippen LogP contribution in [0.3, 0.4) is 0 Å². The fourth-order valence-electron chi connectivity index (χ4n) is 3.44. The first-order chi connectivity index (χ1) is 15.0. The Bertz CT molecular complexity index is 1000. The molecule has 3 aromatic rings. The summed E-state index contributed by atoms with van der Waals surface area (Å²) in [5, 5.41) is 8.86. The van der Waals surface area contributed by atoms with Gasteiger partial charge in [-0.25, -0.2) is 4.39 Å². The van der Waals surface area contributed by atoms with Crippen LogP contribution < -0.4 is 0 Å². The first-order valence-corrected chi connectivity index (χ1v) is 11.5. The van der Waals surface area contributed by atoms with E-state index in [1.54, 1.807) is 18.2 Å². The highest BCUT2D eigenvalue weighted by Gasteiger charge is 2.29. The fourth-order valence-corrected chi connectivity index (χ4v) is 4.57. The van der Waals surface area contributed by atoms with Crippen LogP contribution in [0.15, 0.2) is 59.8 Å². The summed E-state index contributed by atoms with van der Waals surface area (Å²) in [4.78, 5) is 15.2. The van der Waals surface area contributed by atoms with Crippen LogP contribution in [-0.4, -0.2) is 38.7 Å². The Kier molecular flexibility index (Phi) is 7.85.